The molecule has 3 rings (SSSR count). The van der Waals surface area contributed by atoms with Gasteiger partial charge < -0.3 is 0 Å². The summed E-state index contributed by atoms with van der Waals surface area (Å²) in [6.07, 6.45) is 1.66. The van der Waals surface area contributed by atoms with Gasteiger partial charge >= 0.3 is 0 Å². The van der Waals surface area contributed by atoms with Gasteiger partial charge in [0.1, 0.15) is 0 Å². The second-order valence-electron chi connectivity index (χ2n) is 3.97. The van der Waals surface area contributed by atoms with Crippen molar-refractivity contribution in [1.29, 1.82) is 0 Å². The highest BCUT2D eigenvalue weighted by Gasteiger charge is 2.11. The van der Waals surface area contributed by atoms with Gasteiger partial charge in [-0.05, 0) is 29.8 Å². The Kier molecular flexibility index (Phi) is 3.82. The maximum Gasteiger partial charge on any atom is 0.267 e. The third kappa shape index (κ3) is 2.90. The summed E-state index contributed by atoms with van der Waals surface area (Å²) >= 11 is 8.80. The van der Waals surface area contributed by atoms with Crippen LogP contribution < -0.4 is 5.32 Å². The first kappa shape index (κ1) is 13.3. The molecular formula is C14H9ClN2OS2. The summed E-state index contributed by atoms with van der Waals surface area (Å²) < 4.78 is 0. The van der Waals surface area contributed by atoms with Gasteiger partial charge in [0, 0.05) is 21.5 Å². The summed E-state index contributed by atoms with van der Waals surface area (Å²) in [7, 11) is 0. The Balaban J connectivity index is 1.81. The summed E-state index contributed by atoms with van der Waals surface area (Å²) in [5.74, 6) is -0.141. The number of anilines is 1. The molecule has 0 bridgehead atoms. The van der Waals surface area contributed by atoms with Gasteiger partial charge in [0.15, 0.2) is 5.13 Å². The maximum atomic E-state index is 12.1. The van der Waals surface area contributed by atoms with Gasteiger partial charge in [-0.1, -0.05) is 23.7 Å². The van der Waals surface area contributed by atoms with Crippen molar-refractivity contribution in [3.05, 3.63) is 57.9 Å². The van der Waals surface area contributed by atoms with Crippen LogP contribution in [0.2, 0.25) is 5.02 Å². The lowest BCUT2D eigenvalue weighted by atomic mass is 10.2. The topological polar surface area (TPSA) is 42.0 Å². The van der Waals surface area contributed by atoms with E-state index in [9.17, 15) is 4.79 Å². The number of amides is 1. The van der Waals surface area contributed by atoms with Gasteiger partial charge in [0.2, 0.25) is 0 Å². The van der Waals surface area contributed by atoms with E-state index >= 15 is 0 Å². The fourth-order valence-corrected chi connectivity index (χ4v) is 3.31. The molecule has 0 spiro atoms. The summed E-state index contributed by atoms with van der Waals surface area (Å²) in [6.45, 7) is 0. The van der Waals surface area contributed by atoms with Crippen molar-refractivity contribution < 1.29 is 4.79 Å². The number of hydrogen-bond acceptors (Lipinski definition) is 4. The van der Waals surface area contributed by atoms with Gasteiger partial charge in [-0.15, -0.1) is 22.7 Å². The molecule has 2 heterocycles. The van der Waals surface area contributed by atoms with Gasteiger partial charge in [-0.25, -0.2) is 4.98 Å². The fourth-order valence-electron chi connectivity index (χ4n) is 1.70. The summed E-state index contributed by atoms with van der Waals surface area (Å²) in [5, 5.41) is 5.88. The number of halogens is 1. The third-order valence-electron chi connectivity index (χ3n) is 2.59. The van der Waals surface area contributed by atoms with Crippen LogP contribution in [-0.2, 0) is 0 Å². The second-order valence-corrected chi connectivity index (χ2v) is 6.38. The number of hydrogen-bond donors (Lipinski definition) is 1. The Hall–Kier alpha value is -1.69. The Bertz CT molecular complexity index is 737. The first-order valence-corrected chi connectivity index (χ1v) is 7.86. The lowest BCUT2D eigenvalue weighted by Crippen LogP contribution is -2.09. The number of thiophene rings is 1. The number of nitrogens with one attached hydrogen (secondary N) is 1. The standard InChI is InChI=1S/C14H9ClN2OS2/c15-10-3-1-2-9(8-10)11-4-5-12(20-11)13(18)17-14-16-6-7-19-14/h1-8H,(H,16,17,18). The minimum absolute atomic E-state index is 0.141. The Labute approximate surface area is 128 Å². The predicted molar refractivity (Wildman–Crippen MR) is 84.8 cm³/mol. The number of carbonyl (C=O) groups is 1. The SMILES string of the molecule is O=C(Nc1nccs1)c1ccc(-c2cccc(Cl)c2)s1. The van der Waals surface area contributed by atoms with Gasteiger partial charge in [0.25, 0.3) is 5.91 Å². The Morgan fingerprint density at radius 3 is 2.90 bits per heavy atom. The average Bonchev–Trinajstić information content (AvgIpc) is 3.09. The lowest BCUT2D eigenvalue weighted by molar-refractivity contribution is 0.103. The van der Waals surface area contributed by atoms with Crippen molar-refractivity contribution in [2.75, 3.05) is 5.32 Å². The number of benzene rings is 1. The Morgan fingerprint density at radius 1 is 1.25 bits per heavy atom. The third-order valence-corrected chi connectivity index (χ3v) is 4.65. The molecule has 1 aromatic carbocycles. The molecule has 0 aliphatic heterocycles. The van der Waals surface area contributed by atoms with E-state index < -0.39 is 0 Å². The van der Waals surface area contributed by atoms with Crippen molar-refractivity contribution in [2.24, 2.45) is 0 Å². The zero-order valence-corrected chi connectivity index (χ0v) is 12.6. The zero-order valence-electron chi connectivity index (χ0n) is 10.2. The van der Waals surface area contributed by atoms with Crippen LogP contribution in [-0.4, -0.2) is 10.9 Å². The number of nitrogens with zero attached hydrogens (tertiary/aromatic N) is 1. The highest BCUT2D eigenvalue weighted by molar-refractivity contribution is 7.17. The molecule has 20 heavy (non-hydrogen) atoms. The minimum Gasteiger partial charge on any atom is -0.297 e. The van der Waals surface area contributed by atoms with E-state index in [1.807, 2.05) is 41.8 Å². The highest BCUT2D eigenvalue weighted by atomic mass is 35.5. The number of rotatable bonds is 3. The van der Waals surface area contributed by atoms with Crippen LogP contribution in [0.1, 0.15) is 9.67 Å². The molecule has 0 saturated heterocycles. The molecular weight excluding hydrogens is 312 g/mol. The molecule has 1 N–H and O–H groups in total. The minimum atomic E-state index is -0.141. The van der Waals surface area contributed by atoms with Crippen LogP contribution in [0.5, 0.6) is 0 Å². The van der Waals surface area contributed by atoms with E-state index in [1.165, 1.54) is 22.7 Å². The lowest BCUT2D eigenvalue weighted by Gasteiger charge is -1.99. The highest BCUT2D eigenvalue weighted by Crippen LogP contribution is 2.30. The predicted octanol–water partition coefficient (Wildman–Crippen LogP) is 4.78. The van der Waals surface area contributed by atoms with E-state index in [-0.39, 0.29) is 5.91 Å². The molecule has 0 saturated carbocycles. The summed E-state index contributed by atoms with van der Waals surface area (Å²) in [6, 6.07) is 11.3. The number of thiazole rings is 1. The average molecular weight is 321 g/mol. The normalized spacial score (nSPS) is 10.4. The van der Waals surface area contributed by atoms with Crippen LogP contribution in [0.3, 0.4) is 0 Å². The van der Waals surface area contributed by atoms with Gasteiger partial charge in [-0.3, -0.25) is 10.1 Å². The fraction of sp³-hybridized carbons (Fsp3) is 0. The molecule has 2 aromatic heterocycles. The first-order valence-electron chi connectivity index (χ1n) is 5.79. The maximum absolute atomic E-state index is 12.1. The van der Waals surface area contributed by atoms with Gasteiger partial charge in [-0.2, -0.15) is 0 Å². The largest absolute Gasteiger partial charge is 0.297 e. The van der Waals surface area contributed by atoms with E-state index in [0.717, 1.165) is 10.4 Å². The molecule has 0 aliphatic carbocycles. The molecule has 3 aromatic rings. The van der Waals surface area contributed by atoms with Crippen LogP contribution in [0, 0.1) is 0 Å². The van der Waals surface area contributed by atoms with E-state index in [2.05, 4.69) is 10.3 Å². The van der Waals surface area contributed by atoms with E-state index in [1.54, 1.807) is 6.20 Å². The molecule has 3 nitrogen and oxygen atoms in total. The molecule has 1 amide bonds. The van der Waals surface area contributed by atoms with Crippen molar-refractivity contribution in [1.82, 2.24) is 4.98 Å². The summed E-state index contributed by atoms with van der Waals surface area (Å²) in [4.78, 5) is 17.8. The molecule has 0 atom stereocenters. The molecule has 0 aliphatic rings. The molecule has 0 unspecified atom stereocenters. The van der Waals surface area contributed by atoms with Crippen LogP contribution in [0.4, 0.5) is 5.13 Å². The van der Waals surface area contributed by atoms with Gasteiger partial charge in [0.05, 0.1) is 4.88 Å². The van der Waals surface area contributed by atoms with Crippen LogP contribution in [0.15, 0.2) is 48.0 Å². The monoisotopic (exact) mass is 320 g/mol. The van der Waals surface area contributed by atoms with Crippen molar-refractivity contribution in [2.45, 2.75) is 0 Å². The van der Waals surface area contributed by atoms with Crippen LogP contribution in [0.25, 0.3) is 10.4 Å². The zero-order chi connectivity index (χ0) is 13.9. The van der Waals surface area contributed by atoms with Crippen molar-refractivity contribution in [3.63, 3.8) is 0 Å². The van der Waals surface area contributed by atoms with Crippen molar-refractivity contribution in [3.8, 4) is 10.4 Å². The van der Waals surface area contributed by atoms with Crippen LogP contribution >= 0.6 is 34.3 Å². The van der Waals surface area contributed by atoms with E-state index in [0.29, 0.717) is 15.0 Å². The van der Waals surface area contributed by atoms with Crippen molar-refractivity contribution >= 4 is 45.3 Å². The molecule has 100 valence electrons. The first-order chi connectivity index (χ1) is 9.72. The molecule has 0 fully saturated rings. The quantitative estimate of drug-likeness (QED) is 0.754. The molecule has 6 heteroatoms. The molecule has 0 radical (unpaired) electrons. The summed E-state index contributed by atoms with van der Waals surface area (Å²) in [5.41, 5.74) is 1.01. The second kappa shape index (κ2) is 5.75. The smallest absolute Gasteiger partial charge is 0.267 e. The number of aromatic nitrogens is 1. The number of carbonyl (C=O) groups excluding carboxylic acids is 1. The van der Waals surface area contributed by atoms with E-state index in [4.69, 9.17) is 11.6 Å². The Morgan fingerprint density at radius 2 is 2.15 bits per heavy atom.